The summed E-state index contributed by atoms with van der Waals surface area (Å²) in [5, 5.41) is 15.3. The summed E-state index contributed by atoms with van der Waals surface area (Å²) >= 11 is 0. The number of nitroso groups, excluding NO2 is 1. The molecule has 0 fully saturated rings. The van der Waals surface area contributed by atoms with Crippen LogP contribution in [0.5, 0.6) is 0 Å². The molecule has 0 spiro atoms. The summed E-state index contributed by atoms with van der Waals surface area (Å²) in [5.41, 5.74) is 1.18. The first kappa shape index (κ1) is 23.2. The van der Waals surface area contributed by atoms with Gasteiger partial charge in [0.25, 0.3) is 5.91 Å². The lowest BCUT2D eigenvalue weighted by Crippen LogP contribution is -2.24. The first-order chi connectivity index (χ1) is 16.3. The van der Waals surface area contributed by atoms with Crippen LogP contribution in [0.3, 0.4) is 0 Å². The Morgan fingerprint density at radius 2 is 2.03 bits per heavy atom. The summed E-state index contributed by atoms with van der Waals surface area (Å²) in [4.78, 5) is 37.1. The van der Waals surface area contributed by atoms with Crippen LogP contribution >= 0.6 is 0 Å². The van der Waals surface area contributed by atoms with Crippen LogP contribution in [0, 0.1) is 16.5 Å². The molecule has 9 heteroatoms. The maximum Gasteiger partial charge on any atom is 0.333 e. The van der Waals surface area contributed by atoms with Crippen LogP contribution in [0.1, 0.15) is 40.0 Å². The molecular formula is C25H21F2N3O4. The minimum absolute atomic E-state index is 0.0459. The van der Waals surface area contributed by atoms with E-state index in [2.05, 4.69) is 10.5 Å². The standard InChI is InChI=1S/C25H21F2N3O4/c1-14(13-31)15-5-8-21-19(11-15)22(18-4-2-3-9-28-24(18)32)23(25(33)29-34)30(21)12-16-10-17(26)6-7-20(16)27/h2-8,10-11,14,31H,9,12-13H2,1H3,(H,28,32)/t14-/m1/s1. The fourth-order valence-electron chi connectivity index (χ4n) is 4.07. The molecule has 0 saturated carbocycles. The third-order valence-corrected chi connectivity index (χ3v) is 5.85. The second-order valence-electron chi connectivity index (χ2n) is 8.02. The molecule has 7 nitrogen and oxygen atoms in total. The molecule has 0 unspecified atom stereocenters. The normalized spacial score (nSPS) is 14.5. The van der Waals surface area contributed by atoms with Gasteiger partial charge in [0, 0.05) is 51.8 Å². The Bertz CT molecular complexity index is 1370. The summed E-state index contributed by atoms with van der Waals surface area (Å²) in [7, 11) is 0. The Morgan fingerprint density at radius 3 is 2.76 bits per heavy atom. The van der Waals surface area contributed by atoms with Crippen molar-refractivity contribution in [3.8, 4) is 0 Å². The smallest absolute Gasteiger partial charge is 0.333 e. The van der Waals surface area contributed by atoms with Gasteiger partial charge >= 0.3 is 5.91 Å². The van der Waals surface area contributed by atoms with Crippen LogP contribution in [-0.2, 0) is 11.3 Å². The molecule has 0 bridgehead atoms. The number of nitrogens with one attached hydrogen (secondary N) is 1. The van der Waals surface area contributed by atoms with Gasteiger partial charge in [0.15, 0.2) is 0 Å². The van der Waals surface area contributed by atoms with E-state index in [1.165, 1.54) is 10.6 Å². The molecular weight excluding hydrogens is 444 g/mol. The Hall–Kier alpha value is -3.98. The number of rotatable bonds is 6. The van der Waals surface area contributed by atoms with Crippen molar-refractivity contribution in [2.45, 2.75) is 19.4 Å². The van der Waals surface area contributed by atoms with E-state index in [1.807, 2.05) is 0 Å². The quantitative estimate of drug-likeness (QED) is 0.537. The van der Waals surface area contributed by atoms with Crippen LogP contribution in [0.4, 0.5) is 8.78 Å². The van der Waals surface area contributed by atoms with Crippen molar-refractivity contribution >= 4 is 28.3 Å². The van der Waals surface area contributed by atoms with E-state index in [1.54, 1.807) is 37.3 Å². The lowest BCUT2D eigenvalue weighted by molar-refractivity contribution is -0.115. The molecule has 2 N–H and O–H groups in total. The van der Waals surface area contributed by atoms with Gasteiger partial charge in [0.2, 0.25) is 0 Å². The Morgan fingerprint density at radius 1 is 1.24 bits per heavy atom. The van der Waals surface area contributed by atoms with Crippen molar-refractivity contribution < 1.29 is 23.5 Å². The topological polar surface area (TPSA) is 101 Å². The summed E-state index contributed by atoms with van der Waals surface area (Å²) < 4.78 is 29.7. The minimum atomic E-state index is -1.15. The fourth-order valence-corrected chi connectivity index (χ4v) is 4.07. The monoisotopic (exact) mass is 465 g/mol. The molecule has 4 rings (SSSR count). The molecule has 1 atom stereocenters. The molecule has 0 aliphatic carbocycles. The minimum Gasteiger partial charge on any atom is -0.396 e. The number of fused-ring (bicyclic) bond motifs is 1. The van der Waals surface area contributed by atoms with Crippen molar-refractivity contribution in [3.63, 3.8) is 0 Å². The van der Waals surface area contributed by atoms with E-state index in [4.69, 9.17) is 0 Å². The average molecular weight is 465 g/mol. The fraction of sp³-hybridized carbons (Fsp3) is 0.200. The summed E-state index contributed by atoms with van der Waals surface area (Å²) in [5.74, 6) is -3.23. The van der Waals surface area contributed by atoms with Gasteiger partial charge in [-0.1, -0.05) is 25.1 Å². The lowest BCUT2D eigenvalue weighted by atomic mass is 9.96. The van der Waals surface area contributed by atoms with Crippen molar-refractivity contribution in [2.24, 2.45) is 5.18 Å². The van der Waals surface area contributed by atoms with E-state index < -0.39 is 23.4 Å². The van der Waals surface area contributed by atoms with Gasteiger partial charge in [-0.15, -0.1) is 4.91 Å². The highest BCUT2D eigenvalue weighted by Gasteiger charge is 2.29. The third kappa shape index (κ3) is 4.17. The Labute approximate surface area is 193 Å². The van der Waals surface area contributed by atoms with Crippen LogP contribution < -0.4 is 5.32 Å². The zero-order chi connectivity index (χ0) is 24.4. The summed E-state index contributed by atoms with van der Waals surface area (Å²) in [6, 6.07) is 8.07. The highest BCUT2D eigenvalue weighted by atomic mass is 19.1. The van der Waals surface area contributed by atoms with Crippen LogP contribution in [-0.4, -0.2) is 34.6 Å². The highest BCUT2D eigenvalue weighted by Crippen LogP contribution is 2.36. The molecule has 1 aliphatic rings. The van der Waals surface area contributed by atoms with Gasteiger partial charge in [-0.3, -0.25) is 9.59 Å². The number of allylic oxidation sites excluding steroid dienone is 2. The first-order valence-corrected chi connectivity index (χ1v) is 10.6. The largest absolute Gasteiger partial charge is 0.396 e. The van der Waals surface area contributed by atoms with E-state index in [0.717, 1.165) is 23.8 Å². The number of aliphatic hydroxyl groups excluding tert-OH is 1. The molecule has 1 aromatic heterocycles. The van der Waals surface area contributed by atoms with Gasteiger partial charge in [-0.05, 0) is 42.0 Å². The number of hydrogen-bond donors (Lipinski definition) is 2. The second kappa shape index (κ2) is 9.48. The van der Waals surface area contributed by atoms with Crippen LogP contribution in [0.2, 0.25) is 0 Å². The maximum atomic E-state index is 14.5. The van der Waals surface area contributed by atoms with Gasteiger partial charge < -0.3 is 15.0 Å². The van der Waals surface area contributed by atoms with E-state index in [9.17, 15) is 28.4 Å². The van der Waals surface area contributed by atoms with Crippen molar-refractivity contribution in [3.05, 3.63) is 93.6 Å². The molecule has 2 heterocycles. The van der Waals surface area contributed by atoms with Gasteiger partial charge in [-0.2, -0.15) is 0 Å². The molecule has 2 aromatic carbocycles. The van der Waals surface area contributed by atoms with Crippen molar-refractivity contribution in [1.29, 1.82) is 0 Å². The van der Waals surface area contributed by atoms with Crippen molar-refractivity contribution in [2.75, 3.05) is 13.2 Å². The molecule has 34 heavy (non-hydrogen) atoms. The number of aliphatic hydroxyl groups is 1. The molecule has 1 aliphatic heterocycles. The SMILES string of the molecule is C[C@H](CO)c1ccc2c(c1)c(C1=CC=CCNC1=O)c(C(=O)N=O)n2Cc1cc(F)ccc1F. The number of carbonyl (C=O) groups excluding carboxylic acids is 2. The molecule has 3 aromatic rings. The van der Waals surface area contributed by atoms with Crippen LogP contribution in [0.25, 0.3) is 16.5 Å². The number of halogens is 2. The lowest BCUT2D eigenvalue weighted by Gasteiger charge is -2.11. The average Bonchev–Trinajstić information content (AvgIpc) is 2.98. The van der Waals surface area contributed by atoms with Gasteiger partial charge in [0.1, 0.15) is 17.3 Å². The number of nitrogens with zero attached hydrogens (tertiary/aromatic N) is 2. The maximum absolute atomic E-state index is 14.5. The molecule has 2 amide bonds. The van der Waals surface area contributed by atoms with Crippen molar-refractivity contribution in [1.82, 2.24) is 9.88 Å². The number of benzene rings is 2. The van der Waals surface area contributed by atoms with Gasteiger partial charge in [-0.25, -0.2) is 8.78 Å². The highest BCUT2D eigenvalue weighted by molar-refractivity contribution is 6.26. The van der Waals surface area contributed by atoms with Gasteiger partial charge in [0.05, 0.1) is 6.54 Å². The number of amides is 2. The zero-order valence-corrected chi connectivity index (χ0v) is 18.2. The predicted molar refractivity (Wildman–Crippen MR) is 123 cm³/mol. The number of aromatic nitrogens is 1. The predicted octanol–water partition coefficient (Wildman–Crippen LogP) is 4.04. The molecule has 0 radical (unpaired) electrons. The Kier molecular flexibility index (Phi) is 6.47. The van der Waals surface area contributed by atoms with E-state index in [-0.39, 0.29) is 48.0 Å². The summed E-state index contributed by atoms with van der Waals surface area (Å²) in [6.45, 7) is 1.66. The van der Waals surface area contributed by atoms with E-state index in [0.29, 0.717) is 10.9 Å². The molecule has 174 valence electrons. The van der Waals surface area contributed by atoms with Crippen LogP contribution in [0.15, 0.2) is 59.8 Å². The first-order valence-electron chi connectivity index (χ1n) is 10.6. The number of hydrogen-bond acceptors (Lipinski definition) is 4. The second-order valence-corrected chi connectivity index (χ2v) is 8.02. The number of carbonyl (C=O) groups is 2. The third-order valence-electron chi connectivity index (χ3n) is 5.85. The molecule has 0 saturated heterocycles. The van der Waals surface area contributed by atoms with E-state index >= 15 is 0 Å². The zero-order valence-electron chi connectivity index (χ0n) is 18.2. The summed E-state index contributed by atoms with van der Waals surface area (Å²) in [6.07, 6.45) is 4.88. The Balaban J connectivity index is 2.08.